The van der Waals surface area contributed by atoms with Gasteiger partial charge in [-0.2, -0.15) is 0 Å². The minimum absolute atomic E-state index is 0.0133. The fourth-order valence-corrected chi connectivity index (χ4v) is 4.18. The maximum atomic E-state index is 12.9. The Balaban J connectivity index is 2.21. The van der Waals surface area contributed by atoms with E-state index in [1.54, 1.807) is 0 Å². The molecule has 0 radical (unpaired) electrons. The van der Waals surface area contributed by atoms with E-state index in [-0.39, 0.29) is 38.1 Å². The maximum absolute atomic E-state index is 12.9. The van der Waals surface area contributed by atoms with Gasteiger partial charge in [-0.1, -0.05) is 30.1 Å². The quantitative estimate of drug-likeness (QED) is 0.499. The normalized spacial score (nSPS) is 13.7. The van der Waals surface area contributed by atoms with Gasteiger partial charge in [0.25, 0.3) is 0 Å². The highest BCUT2D eigenvalue weighted by atomic mass is 35.5. The molecule has 0 aliphatic carbocycles. The summed E-state index contributed by atoms with van der Waals surface area (Å²) in [5, 5.41) is 18.4. The number of hydrogen-bond donors (Lipinski definition) is 2. The van der Waals surface area contributed by atoms with Crippen molar-refractivity contribution in [3.8, 4) is 11.5 Å². The molecule has 0 fully saturated rings. The van der Waals surface area contributed by atoms with Crippen LogP contribution < -0.4 is 9.47 Å². The molecule has 10 heteroatoms. The van der Waals surface area contributed by atoms with E-state index < -0.39 is 22.5 Å². The van der Waals surface area contributed by atoms with Gasteiger partial charge in [0.15, 0.2) is 0 Å². The monoisotopic (exact) mass is 482 g/mol. The van der Waals surface area contributed by atoms with Crippen LogP contribution in [0.3, 0.4) is 0 Å². The van der Waals surface area contributed by atoms with Crippen molar-refractivity contribution in [1.29, 1.82) is 0 Å². The fraction of sp³-hybridized carbons (Fsp3) is 0.368. The van der Waals surface area contributed by atoms with Gasteiger partial charge >= 0.3 is 0 Å². The smallest absolute Gasteiger partial charge is 0.206 e. The second-order valence-electron chi connectivity index (χ2n) is 6.41. The van der Waals surface area contributed by atoms with Crippen LogP contribution in [-0.4, -0.2) is 50.4 Å². The number of ether oxygens (including phenoxy) is 2. The fourth-order valence-electron chi connectivity index (χ4n) is 2.18. The van der Waals surface area contributed by atoms with E-state index in [1.165, 1.54) is 36.4 Å². The first-order valence-electron chi connectivity index (χ1n) is 8.63. The highest BCUT2D eigenvalue weighted by Crippen LogP contribution is 2.33. The largest absolute Gasteiger partial charge is 0.492 e. The zero-order valence-corrected chi connectivity index (χ0v) is 18.6. The second kappa shape index (κ2) is 10.7. The Kier molecular flexibility index (Phi) is 8.88. The third-order valence-electron chi connectivity index (χ3n) is 3.86. The highest BCUT2D eigenvalue weighted by Gasteiger charge is 2.21. The Labute approximate surface area is 184 Å². The molecule has 2 atom stereocenters. The maximum Gasteiger partial charge on any atom is 0.206 e. The number of alkyl halides is 1. The molecule has 0 saturated carbocycles. The van der Waals surface area contributed by atoms with Crippen molar-refractivity contribution in [2.24, 2.45) is 5.92 Å². The van der Waals surface area contributed by atoms with Crippen molar-refractivity contribution in [3.63, 3.8) is 0 Å². The number of rotatable bonds is 10. The molecule has 0 amide bonds. The van der Waals surface area contributed by atoms with Gasteiger partial charge in [-0.3, -0.25) is 0 Å². The van der Waals surface area contributed by atoms with Crippen molar-refractivity contribution in [1.82, 2.24) is 0 Å². The molecule has 0 unspecified atom stereocenters. The minimum atomic E-state index is -3.88. The Morgan fingerprint density at radius 2 is 1.45 bits per heavy atom. The number of hydrogen-bond acceptors (Lipinski definition) is 6. The first-order chi connectivity index (χ1) is 13.7. The van der Waals surface area contributed by atoms with Crippen molar-refractivity contribution in [3.05, 3.63) is 46.4 Å². The lowest BCUT2D eigenvalue weighted by Crippen LogP contribution is -2.21. The molecule has 6 nitrogen and oxygen atoms in total. The molecule has 0 aliphatic heterocycles. The van der Waals surface area contributed by atoms with Crippen LogP contribution >= 0.6 is 34.8 Å². The van der Waals surface area contributed by atoms with Gasteiger partial charge in [0, 0.05) is 11.8 Å². The molecule has 2 aromatic rings. The van der Waals surface area contributed by atoms with E-state index in [9.17, 15) is 13.5 Å². The summed E-state index contributed by atoms with van der Waals surface area (Å²) in [6.45, 7) is 1.63. The minimum Gasteiger partial charge on any atom is -0.492 e. The van der Waals surface area contributed by atoms with Gasteiger partial charge in [-0.05, 0) is 36.4 Å². The van der Waals surface area contributed by atoms with Crippen molar-refractivity contribution < 1.29 is 28.1 Å². The summed E-state index contributed by atoms with van der Waals surface area (Å²) in [7, 11) is -3.88. The zero-order valence-electron chi connectivity index (χ0n) is 15.5. The number of sulfone groups is 1. The number of aliphatic hydroxyl groups is 2. The lowest BCUT2D eigenvalue weighted by atomic mass is 10.2. The first-order valence-corrected chi connectivity index (χ1v) is 11.4. The standard InChI is InChI=1S/C19H21Cl3O6S/c1-12(8-20)10-27-18-4-2-14(6-16(18)21)29(25,26)15-3-5-19(17(22)7-15)28-11-13(24)9-23/h2-7,12-13,23-24H,8-11H2,1H3/t12-,13-/m0/s1. The van der Waals surface area contributed by atoms with Crippen LogP contribution in [0.25, 0.3) is 0 Å². The number of aliphatic hydroxyl groups excluding tert-OH is 2. The van der Waals surface area contributed by atoms with Crippen molar-refractivity contribution in [2.45, 2.75) is 22.8 Å². The summed E-state index contributed by atoms with van der Waals surface area (Å²) in [4.78, 5) is -0.0567. The summed E-state index contributed by atoms with van der Waals surface area (Å²) in [6.07, 6.45) is -1.07. The van der Waals surface area contributed by atoms with Gasteiger partial charge in [-0.25, -0.2) is 8.42 Å². The van der Waals surface area contributed by atoms with Gasteiger partial charge in [0.05, 0.1) is 33.0 Å². The van der Waals surface area contributed by atoms with Crippen LogP contribution in [0, 0.1) is 5.92 Å². The molecule has 29 heavy (non-hydrogen) atoms. The van der Waals surface area contributed by atoms with E-state index in [4.69, 9.17) is 49.4 Å². The molecular weight excluding hydrogens is 463 g/mol. The van der Waals surface area contributed by atoms with Crippen LogP contribution in [0.2, 0.25) is 10.0 Å². The third kappa shape index (κ3) is 6.38. The van der Waals surface area contributed by atoms with Crippen molar-refractivity contribution in [2.75, 3.05) is 25.7 Å². The van der Waals surface area contributed by atoms with Crippen LogP contribution in [-0.2, 0) is 9.84 Å². The average molecular weight is 484 g/mol. The second-order valence-corrected chi connectivity index (χ2v) is 9.48. The van der Waals surface area contributed by atoms with Crippen molar-refractivity contribution >= 4 is 44.6 Å². The summed E-state index contributed by atoms with van der Waals surface area (Å²) in [5.74, 6) is 1.11. The van der Waals surface area contributed by atoms with E-state index in [0.29, 0.717) is 18.2 Å². The first kappa shape index (κ1) is 24.1. The van der Waals surface area contributed by atoms with Crippen LogP contribution in [0.15, 0.2) is 46.2 Å². The molecular formula is C19H21Cl3O6S. The van der Waals surface area contributed by atoms with E-state index in [1.807, 2.05) is 6.92 Å². The molecule has 0 spiro atoms. The summed E-state index contributed by atoms with van der Waals surface area (Å²) in [6, 6.07) is 8.17. The zero-order chi connectivity index (χ0) is 21.6. The summed E-state index contributed by atoms with van der Waals surface area (Å²) in [5.41, 5.74) is 0. The predicted octanol–water partition coefficient (Wildman–Crippen LogP) is 3.81. The molecule has 2 rings (SSSR count). The predicted molar refractivity (Wildman–Crippen MR) is 112 cm³/mol. The molecule has 0 aromatic heterocycles. The molecule has 2 aromatic carbocycles. The van der Waals surface area contributed by atoms with Crippen LogP contribution in [0.4, 0.5) is 0 Å². The molecule has 160 valence electrons. The van der Waals surface area contributed by atoms with Gasteiger partial charge in [0.1, 0.15) is 24.2 Å². The number of halogens is 3. The lowest BCUT2D eigenvalue weighted by molar-refractivity contribution is 0.0536. The Morgan fingerprint density at radius 1 is 0.966 bits per heavy atom. The SMILES string of the molecule is C[C@@H](CCl)COc1ccc(S(=O)(=O)c2ccc(OC[C@@H](O)CO)c(Cl)c2)cc1Cl. The van der Waals surface area contributed by atoms with Crippen LogP contribution in [0.5, 0.6) is 11.5 Å². The van der Waals surface area contributed by atoms with Gasteiger partial charge in [0.2, 0.25) is 9.84 Å². The molecule has 0 aliphatic rings. The molecule has 0 bridgehead atoms. The summed E-state index contributed by atoms with van der Waals surface area (Å²) >= 11 is 18.0. The molecule has 0 saturated heterocycles. The lowest BCUT2D eigenvalue weighted by Gasteiger charge is -2.14. The van der Waals surface area contributed by atoms with Crippen LogP contribution in [0.1, 0.15) is 6.92 Å². The van der Waals surface area contributed by atoms with E-state index >= 15 is 0 Å². The Hall–Kier alpha value is -1.22. The third-order valence-corrected chi connectivity index (χ3v) is 6.72. The topological polar surface area (TPSA) is 93.1 Å². The molecule has 0 heterocycles. The van der Waals surface area contributed by atoms with E-state index in [2.05, 4.69) is 0 Å². The highest BCUT2D eigenvalue weighted by molar-refractivity contribution is 7.91. The Morgan fingerprint density at radius 3 is 1.86 bits per heavy atom. The summed E-state index contributed by atoms with van der Waals surface area (Å²) < 4.78 is 36.6. The average Bonchev–Trinajstić information content (AvgIpc) is 2.71. The Bertz CT molecular complexity index is 866. The number of benzene rings is 2. The van der Waals surface area contributed by atoms with E-state index in [0.717, 1.165) is 0 Å². The van der Waals surface area contributed by atoms with Gasteiger partial charge < -0.3 is 19.7 Å². The molecule has 2 N–H and O–H groups in total. The van der Waals surface area contributed by atoms with Gasteiger partial charge in [-0.15, -0.1) is 11.6 Å².